The number of hydrogen-bond donors (Lipinski definition) is 1. The summed E-state index contributed by atoms with van der Waals surface area (Å²) in [6.45, 7) is 9.45. The zero-order chi connectivity index (χ0) is 13.2. The van der Waals surface area contributed by atoms with E-state index < -0.39 is 15.4 Å². The van der Waals surface area contributed by atoms with Gasteiger partial charge in [0.25, 0.3) is 10.1 Å². The third-order valence-electron chi connectivity index (χ3n) is 1.72. The Kier molecular flexibility index (Phi) is 14.6. The van der Waals surface area contributed by atoms with Crippen LogP contribution in [-0.2, 0) is 10.1 Å². The van der Waals surface area contributed by atoms with Crippen LogP contribution in [-0.4, -0.2) is 13.0 Å². The second-order valence-electron chi connectivity index (χ2n) is 2.57. The average molecular weight is 262 g/mol. The number of rotatable bonds is 2. The maximum atomic E-state index is 10.7. The summed E-state index contributed by atoms with van der Waals surface area (Å²) in [4.78, 5) is 0. The Balaban J connectivity index is -0.000000355. The van der Waals surface area contributed by atoms with Gasteiger partial charge >= 0.3 is 0 Å². The van der Waals surface area contributed by atoms with E-state index in [-0.39, 0.29) is 7.43 Å². The van der Waals surface area contributed by atoms with E-state index in [0.29, 0.717) is 5.56 Å². The Hall–Kier alpha value is -0.870. The van der Waals surface area contributed by atoms with Gasteiger partial charge in [-0.25, -0.2) is 0 Å². The van der Waals surface area contributed by atoms with Crippen LogP contribution in [0.15, 0.2) is 30.3 Å². The summed E-state index contributed by atoms with van der Waals surface area (Å²) in [7, 11) is -3.96. The molecule has 0 saturated carbocycles. The molecule has 0 aromatic heterocycles. The normalized spacial score (nSPS) is 10.7. The summed E-state index contributed by atoms with van der Waals surface area (Å²) in [6, 6.07) is 8.59. The van der Waals surface area contributed by atoms with Gasteiger partial charge in [-0.2, -0.15) is 8.42 Å². The first kappa shape index (κ1) is 21.4. The van der Waals surface area contributed by atoms with Crippen molar-refractivity contribution in [1.82, 2.24) is 0 Å². The summed E-state index contributed by atoms with van der Waals surface area (Å²) >= 11 is 0. The molecule has 0 bridgehead atoms. The minimum absolute atomic E-state index is 0. The summed E-state index contributed by atoms with van der Waals surface area (Å²) in [5, 5.41) is -0.848. The zero-order valence-electron chi connectivity index (χ0n) is 10.6. The molecule has 1 aromatic rings. The molecule has 0 saturated heterocycles. The van der Waals surface area contributed by atoms with Gasteiger partial charge < -0.3 is 0 Å². The van der Waals surface area contributed by atoms with Crippen molar-refractivity contribution in [3.63, 3.8) is 0 Å². The van der Waals surface area contributed by atoms with Gasteiger partial charge in [0.1, 0.15) is 5.25 Å². The van der Waals surface area contributed by atoms with Gasteiger partial charge in [-0.05, 0) is 12.5 Å². The molecule has 1 aromatic carbocycles. The zero-order valence-corrected chi connectivity index (χ0v) is 11.5. The van der Waals surface area contributed by atoms with E-state index in [1.165, 1.54) is 6.92 Å². The van der Waals surface area contributed by atoms with E-state index in [0.717, 1.165) is 0 Å². The lowest BCUT2D eigenvalue weighted by molar-refractivity contribution is 0.472. The minimum atomic E-state index is -3.96. The van der Waals surface area contributed by atoms with E-state index >= 15 is 0 Å². The predicted molar refractivity (Wildman–Crippen MR) is 75.8 cm³/mol. The van der Waals surface area contributed by atoms with Crippen molar-refractivity contribution >= 4 is 10.1 Å². The molecule has 0 heterocycles. The van der Waals surface area contributed by atoms with Gasteiger partial charge in [0.05, 0.1) is 0 Å². The van der Waals surface area contributed by atoms with Crippen molar-refractivity contribution in [2.24, 2.45) is 0 Å². The van der Waals surface area contributed by atoms with Crippen LogP contribution in [0.4, 0.5) is 0 Å². The lowest BCUT2D eigenvalue weighted by Crippen LogP contribution is -2.07. The van der Waals surface area contributed by atoms with Crippen molar-refractivity contribution in [2.45, 2.75) is 47.3 Å². The van der Waals surface area contributed by atoms with Crippen LogP contribution in [0.25, 0.3) is 0 Å². The summed E-state index contributed by atoms with van der Waals surface area (Å²) in [5.74, 6) is 0. The fourth-order valence-corrected chi connectivity index (χ4v) is 1.40. The molecule has 0 aliphatic rings. The summed E-state index contributed by atoms with van der Waals surface area (Å²) < 4.78 is 30.1. The number of hydrogen-bond acceptors (Lipinski definition) is 2. The largest absolute Gasteiger partial charge is 0.285 e. The molecule has 0 fully saturated rings. The van der Waals surface area contributed by atoms with Gasteiger partial charge in [0, 0.05) is 0 Å². The lowest BCUT2D eigenvalue weighted by Gasteiger charge is -2.06. The molecule has 1 N–H and O–H groups in total. The molecule has 0 spiro atoms. The molecule has 4 heteroatoms. The van der Waals surface area contributed by atoms with Crippen molar-refractivity contribution in [3.8, 4) is 0 Å². The van der Waals surface area contributed by atoms with E-state index in [1.807, 2.05) is 27.7 Å². The van der Waals surface area contributed by atoms with E-state index in [4.69, 9.17) is 4.55 Å². The Morgan fingerprint density at radius 1 is 1.00 bits per heavy atom. The molecule has 17 heavy (non-hydrogen) atoms. The third-order valence-corrected chi connectivity index (χ3v) is 2.88. The lowest BCUT2D eigenvalue weighted by atomic mass is 10.2. The van der Waals surface area contributed by atoms with Crippen molar-refractivity contribution in [3.05, 3.63) is 35.9 Å². The first-order chi connectivity index (χ1) is 7.52. The fourth-order valence-electron chi connectivity index (χ4n) is 0.896. The predicted octanol–water partition coefficient (Wildman–Crippen LogP) is 4.32. The van der Waals surface area contributed by atoms with Crippen LogP contribution < -0.4 is 0 Å². The molecule has 1 atom stereocenters. The first-order valence-corrected chi connectivity index (χ1v) is 7.03. The average Bonchev–Trinajstić information content (AvgIpc) is 2.33. The molecular weight excluding hydrogens is 236 g/mol. The quantitative estimate of drug-likeness (QED) is 0.807. The van der Waals surface area contributed by atoms with Crippen LogP contribution in [0.5, 0.6) is 0 Å². The third kappa shape index (κ3) is 8.89. The highest BCUT2D eigenvalue weighted by atomic mass is 32.2. The highest BCUT2D eigenvalue weighted by molar-refractivity contribution is 7.86. The van der Waals surface area contributed by atoms with Crippen molar-refractivity contribution < 1.29 is 13.0 Å². The summed E-state index contributed by atoms with van der Waals surface area (Å²) in [6.07, 6.45) is 0. The van der Waals surface area contributed by atoms with Crippen molar-refractivity contribution in [2.75, 3.05) is 0 Å². The van der Waals surface area contributed by atoms with Gasteiger partial charge in [0.15, 0.2) is 0 Å². The van der Waals surface area contributed by atoms with Crippen LogP contribution in [0.3, 0.4) is 0 Å². The molecule has 1 unspecified atom stereocenters. The highest BCUT2D eigenvalue weighted by Gasteiger charge is 2.18. The monoisotopic (exact) mass is 262 g/mol. The van der Waals surface area contributed by atoms with Crippen LogP contribution >= 0.6 is 0 Å². The Morgan fingerprint density at radius 2 is 1.35 bits per heavy atom. The smallest absolute Gasteiger partial charge is 0.271 e. The van der Waals surface area contributed by atoms with E-state index in [2.05, 4.69) is 0 Å². The maximum absolute atomic E-state index is 10.7. The van der Waals surface area contributed by atoms with Crippen LogP contribution in [0.2, 0.25) is 0 Å². The Labute approximate surface area is 107 Å². The SMILES string of the molecule is C.CC.CC.CC(c1ccccc1)S(=O)(=O)O. The summed E-state index contributed by atoms with van der Waals surface area (Å²) in [5.41, 5.74) is 0.597. The molecule has 3 nitrogen and oxygen atoms in total. The van der Waals surface area contributed by atoms with Crippen molar-refractivity contribution in [1.29, 1.82) is 0 Å². The van der Waals surface area contributed by atoms with Crippen LogP contribution in [0.1, 0.15) is 52.9 Å². The number of benzene rings is 1. The molecule has 0 amide bonds. The second-order valence-corrected chi connectivity index (χ2v) is 4.30. The maximum Gasteiger partial charge on any atom is 0.271 e. The standard InChI is InChI=1S/C8H10O3S.2C2H6.CH4/c1-7(12(9,10)11)8-5-3-2-4-6-8;2*1-2;/h2-7H,1H3,(H,9,10,11);2*1-2H3;1H4. The first-order valence-electron chi connectivity index (χ1n) is 5.53. The topological polar surface area (TPSA) is 54.4 Å². The van der Waals surface area contributed by atoms with Gasteiger partial charge in [-0.15, -0.1) is 0 Å². The fraction of sp³-hybridized carbons (Fsp3) is 0.538. The Bertz CT molecular complexity index is 344. The Morgan fingerprint density at radius 3 is 1.65 bits per heavy atom. The van der Waals surface area contributed by atoms with E-state index in [9.17, 15) is 8.42 Å². The van der Waals surface area contributed by atoms with Gasteiger partial charge in [-0.3, -0.25) is 4.55 Å². The second kappa shape index (κ2) is 11.6. The highest BCUT2D eigenvalue weighted by Crippen LogP contribution is 2.19. The molecule has 1 rings (SSSR count). The molecule has 0 aliphatic heterocycles. The molecule has 102 valence electrons. The molecule has 0 radical (unpaired) electrons. The molecular formula is C13H26O3S. The molecule has 0 aliphatic carbocycles. The van der Waals surface area contributed by atoms with Crippen LogP contribution in [0, 0.1) is 0 Å². The minimum Gasteiger partial charge on any atom is -0.285 e. The van der Waals surface area contributed by atoms with Gasteiger partial charge in [0.2, 0.25) is 0 Å². The van der Waals surface area contributed by atoms with Gasteiger partial charge in [-0.1, -0.05) is 65.5 Å². The van der Waals surface area contributed by atoms with E-state index in [1.54, 1.807) is 30.3 Å².